The fraction of sp³-hybridized carbons (Fsp3) is 0. The molecule has 0 saturated carbocycles. The van der Waals surface area contributed by atoms with Crippen LogP contribution in [0.2, 0.25) is 15.1 Å². The smallest absolute Gasteiger partial charge is 0.275 e. The summed E-state index contributed by atoms with van der Waals surface area (Å²) < 4.78 is 0. The maximum atomic E-state index is 12.2. The number of nitrogens with one attached hydrogen (secondary N) is 2. The Morgan fingerprint density at radius 3 is 2.20 bits per heavy atom. The van der Waals surface area contributed by atoms with Crippen LogP contribution in [0.3, 0.4) is 0 Å². The molecule has 3 aromatic rings. The quantitative estimate of drug-likeness (QED) is 0.620. The van der Waals surface area contributed by atoms with Gasteiger partial charge in [-0.15, -0.1) is 0 Å². The van der Waals surface area contributed by atoms with E-state index in [1.54, 1.807) is 30.3 Å². The molecule has 2 aromatic carbocycles. The van der Waals surface area contributed by atoms with Crippen LogP contribution >= 0.6 is 34.8 Å². The van der Waals surface area contributed by atoms with Crippen molar-refractivity contribution in [2.75, 3.05) is 10.6 Å². The molecule has 2 N–H and O–H groups in total. The Kier molecular flexibility index (Phi) is 5.38. The van der Waals surface area contributed by atoms with Gasteiger partial charge in [0, 0.05) is 16.4 Å². The predicted octanol–water partition coefficient (Wildman–Crippen LogP) is 5.43. The zero-order valence-corrected chi connectivity index (χ0v) is 14.9. The molecule has 126 valence electrons. The van der Waals surface area contributed by atoms with Gasteiger partial charge in [-0.25, -0.2) is 9.97 Å². The molecular formula is C17H11Cl3N4O. The number of nitrogens with zero attached hydrogens (tertiary/aromatic N) is 2. The molecule has 0 spiro atoms. The monoisotopic (exact) mass is 392 g/mol. The zero-order valence-electron chi connectivity index (χ0n) is 12.6. The minimum atomic E-state index is -0.399. The fourth-order valence-corrected chi connectivity index (χ4v) is 2.38. The average molecular weight is 394 g/mol. The Morgan fingerprint density at radius 1 is 0.840 bits per heavy atom. The highest BCUT2D eigenvalue weighted by Gasteiger charge is 2.10. The van der Waals surface area contributed by atoms with Crippen LogP contribution in [-0.2, 0) is 0 Å². The average Bonchev–Trinajstić information content (AvgIpc) is 2.61. The highest BCUT2D eigenvalue weighted by atomic mass is 35.5. The minimum absolute atomic E-state index is 0.174. The first kappa shape index (κ1) is 17.5. The van der Waals surface area contributed by atoms with Gasteiger partial charge in [-0.2, -0.15) is 0 Å². The van der Waals surface area contributed by atoms with Crippen LogP contribution in [0, 0.1) is 0 Å². The molecule has 0 atom stereocenters. The van der Waals surface area contributed by atoms with E-state index in [0.29, 0.717) is 26.6 Å². The molecule has 0 unspecified atom stereocenters. The molecule has 0 aliphatic carbocycles. The second-order valence-corrected chi connectivity index (χ2v) is 6.25. The third-order valence-corrected chi connectivity index (χ3v) is 4.17. The van der Waals surface area contributed by atoms with Crippen molar-refractivity contribution in [2.45, 2.75) is 0 Å². The van der Waals surface area contributed by atoms with Gasteiger partial charge in [-0.3, -0.25) is 4.79 Å². The van der Waals surface area contributed by atoms with E-state index < -0.39 is 5.91 Å². The summed E-state index contributed by atoms with van der Waals surface area (Å²) in [7, 11) is 0. The second-order valence-electron chi connectivity index (χ2n) is 5.00. The molecule has 1 aromatic heterocycles. The number of benzene rings is 2. The lowest BCUT2D eigenvalue weighted by Gasteiger charge is -2.07. The van der Waals surface area contributed by atoms with Crippen molar-refractivity contribution in [3.63, 3.8) is 0 Å². The molecule has 0 aliphatic heterocycles. The van der Waals surface area contributed by atoms with Crippen molar-refractivity contribution in [3.8, 4) is 0 Å². The SMILES string of the molecule is O=C(Nc1ccc(Cl)c(Cl)c1)c1cnc(Nc2ccc(Cl)cc2)cn1. The largest absolute Gasteiger partial charge is 0.339 e. The van der Waals surface area contributed by atoms with E-state index in [1.807, 2.05) is 12.1 Å². The van der Waals surface area contributed by atoms with Crippen molar-refractivity contribution in [1.29, 1.82) is 0 Å². The van der Waals surface area contributed by atoms with Crippen LogP contribution in [0.25, 0.3) is 0 Å². The Balaban J connectivity index is 1.67. The lowest BCUT2D eigenvalue weighted by Crippen LogP contribution is -2.14. The maximum Gasteiger partial charge on any atom is 0.275 e. The highest BCUT2D eigenvalue weighted by molar-refractivity contribution is 6.42. The molecule has 0 aliphatic rings. The van der Waals surface area contributed by atoms with Gasteiger partial charge in [0.15, 0.2) is 0 Å². The fourth-order valence-electron chi connectivity index (χ4n) is 1.96. The third-order valence-electron chi connectivity index (χ3n) is 3.18. The highest BCUT2D eigenvalue weighted by Crippen LogP contribution is 2.25. The molecule has 3 rings (SSSR count). The van der Waals surface area contributed by atoms with E-state index in [-0.39, 0.29) is 5.69 Å². The van der Waals surface area contributed by atoms with Gasteiger partial charge < -0.3 is 10.6 Å². The molecule has 8 heteroatoms. The lowest BCUT2D eigenvalue weighted by molar-refractivity contribution is 0.102. The summed E-state index contributed by atoms with van der Waals surface area (Å²) in [6, 6.07) is 12.0. The van der Waals surface area contributed by atoms with Crippen LogP contribution in [-0.4, -0.2) is 15.9 Å². The standard InChI is InChI=1S/C17H11Cl3N4O/c18-10-1-3-11(4-2-10)23-16-9-21-15(8-22-16)17(25)24-12-5-6-13(19)14(20)7-12/h1-9H,(H,22,23)(H,24,25). The minimum Gasteiger partial charge on any atom is -0.339 e. The topological polar surface area (TPSA) is 66.9 Å². The molecule has 1 amide bonds. The number of carbonyl (C=O) groups excluding carboxylic acids is 1. The summed E-state index contributed by atoms with van der Waals surface area (Å²) in [5.41, 5.74) is 1.50. The predicted molar refractivity (Wildman–Crippen MR) is 101 cm³/mol. The summed E-state index contributed by atoms with van der Waals surface area (Å²) in [5.74, 6) is 0.109. The molecule has 1 heterocycles. The molecule has 0 bridgehead atoms. The third kappa shape index (κ3) is 4.60. The molecule has 0 saturated heterocycles. The second kappa shape index (κ2) is 7.70. The molecule has 25 heavy (non-hydrogen) atoms. The number of amides is 1. The van der Waals surface area contributed by atoms with E-state index in [4.69, 9.17) is 34.8 Å². The van der Waals surface area contributed by atoms with E-state index >= 15 is 0 Å². The first-order valence-electron chi connectivity index (χ1n) is 7.12. The summed E-state index contributed by atoms with van der Waals surface area (Å²) >= 11 is 17.6. The Bertz CT molecular complexity index is 899. The van der Waals surface area contributed by atoms with E-state index in [2.05, 4.69) is 20.6 Å². The molecule has 5 nitrogen and oxygen atoms in total. The Hall–Kier alpha value is -2.34. The van der Waals surface area contributed by atoms with Gasteiger partial charge in [-0.1, -0.05) is 34.8 Å². The van der Waals surface area contributed by atoms with Gasteiger partial charge in [0.1, 0.15) is 11.5 Å². The Morgan fingerprint density at radius 2 is 1.56 bits per heavy atom. The van der Waals surface area contributed by atoms with Crippen molar-refractivity contribution in [2.24, 2.45) is 0 Å². The van der Waals surface area contributed by atoms with Crippen molar-refractivity contribution in [3.05, 3.63) is 75.6 Å². The number of halogens is 3. The summed E-state index contributed by atoms with van der Waals surface area (Å²) in [4.78, 5) is 20.5. The van der Waals surface area contributed by atoms with Gasteiger partial charge in [0.2, 0.25) is 0 Å². The molecular weight excluding hydrogens is 383 g/mol. The number of carbonyl (C=O) groups is 1. The van der Waals surface area contributed by atoms with Crippen LogP contribution in [0.5, 0.6) is 0 Å². The zero-order chi connectivity index (χ0) is 17.8. The van der Waals surface area contributed by atoms with Crippen LogP contribution < -0.4 is 10.6 Å². The van der Waals surface area contributed by atoms with E-state index in [0.717, 1.165) is 5.69 Å². The number of aromatic nitrogens is 2. The summed E-state index contributed by atoms with van der Waals surface area (Å²) in [5, 5.41) is 7.16. The maximum absolute atomic E-state index is 12.2. The van der Waals surface area contributed by atoms with Crippen molar-refractivity contribution in [1.82, 2.24) is 9.97 Å². The van der Waals surface area contributed by atoms with Crippen molar-refractivity contribution >= 4 is 57.9 Å². The number of anilines is 3. The first-order valence-corrected chi connectivity index (χ1v) is 8.26. The van der Waals surface area contributed by atoms with E-state index in [9.17, 15) is 4.79 Å². The summed E-state index contributed by atoms with van der Waals surface area (Å²) in [6.45, 7) is 0. The van der Waals surface area contributed by atoms with E-state index in [1.165, 1.54) is 12.4 Å². The molecule has 0 radical (unpaired) electrons. The van der Waals surface area contributed by atoms with Crippen LogP contribution in [0.15, 0.2) is 54.9 Å². The molecule has 0 fully saturated rings. The van der Waals surface area contributed by atoms with Gasteiger partial charge >= 0.3 is 0 Å². The van der Waals surface area contributed by atoms with Crippen LogP contribution in [0.1, 0.15) is 10.5 Å². The van der Waals surface area contributed by atoms with Gasteiger partial charge in [0.05, 0.1) is 22.4 Å². The lowest BCUT2D eigenvalue weighted by atomic mass is 10.3. The number of rotatable bonds is 4. The Labute approximate surface area is 159 Å². The normalized spacial score (nSPS) is 10.4. The summed E-state index contributed by atoms with van der Waals surface area (Å²) in [6.07, 6.45) is 2.85. The van der Waals surface area contributed by atoms with Crippen molar-refractivity contribution < 1.29 is 4.79 Å². The number of hydrogen-bond donors (Lipinski definition) is 2. The van der Waals surface area contributed by atoms with Crippen LogP contribution in [0.4, 0.5) is 17.2 Å². The number of hydrogen-bond acceptors (Lipinski definition) is 4. The van der Waals surface area contributed by atoms with Gasteiger partial charge in [-0.05, 0) is 42.5 Å². The first-order chi connectivity index (χ1) is 12.0. The van der Waals surface area contributed by atoms with Gasteiger partial charge in [0.25, 0.3) is 5.91 Å².